The Morgan fingerprint density at radius 2 is 1.92 bits per heavy atom. The van der Waals surface area contributed by atoms with Gasteiger partial charge in [-0.05, 0) is 50.2 Å². The summed E-state index contributed by atoms with van der Waals surface area (Å²) in [7, 11) is 0. The van der Waals surface area contributed by atoms with Gasteiger partial charge in [0.05, 0.1) is 16.9 Å². The van der Waals surface area contributed by atoms with E-state index in [4.69, 9.17) is 15.0 Å². The molecule has 0 unspecified atom stereocenters. The van der Waals surface area contributed by atoms with E-state index in [0.717, 1.165) is 34.2 Å². The fourth-order valence-electron chi connectivity index (χ4n) is 2.70. The predicted octanol–water partition coefficient (Wildman–Crippen LogP) is 3.16. The van der Waals surface area contributed by atoms with E-state index in [-0.39, 0.29) is 0 Å². The number of pyridine rings is 1. The predicted molar refractivity (Wildman–Crippen MR) is 93.1 cm³/mol. The summed E-state index contributed by atoms with van der Waals surface area (Å²) in [5, 5.41) is 12.3. The number of nitrogens with zero attached hydrogens (tertiary/aromatic N) is 4. The standard InChI is InChI=1S/C18H17N5O2/c1-11-15(12(2)25-22-11)10-24-14-7-5-13(6-8-14)17-20-21-18-16(19)4-3-9-23(17)18/h3-9H,10,19H2,1-2H3. The number of fused-ring (bicyclic) bond motifs is 1. The summed E-state index contributed by atoms with van der Waals surface area (Å²) in [5.41, 5.74) is 9.93. The molecule has 4 aromatic rings. The summed E-state index contributed by atoms with van der Waals surface area (Å²) in [6.07, 6.45) is 1.89. The van der Waals surface area contributed by atoms with Crippen LogP contribution in [0.1, 0.15) is 17.0 Å². The second-order valence-corrected chi connectivity index (χ2v) is 5.80. The van der Waals surface area contributed by atoms with Crippen LogP contribution >= 0.6 is 0 Å². The van der Waals surface area contributed by atoms with Crippen LogP contribution in [-0.4, -0.2) is 19.8 Å². The van der Waals surface area contributed by atoms with Crippen molar-refractivity contribution in [2.24, 2.45) is 0 Å². The van der Waals surface area contributed by atoms with Crippen LogP contribution in [0.2, 0.25) is 0 Å². The zero-order valence-electron chi connectivity index (χ0n) is 13.9. The Kier molecular flexibility index (Phi) is 3.61. The zero-order chi connectivity index (χ0) is 17.4. The summed E-state index contributed by atoms with van der Waals surface area (Å²) in [5.74, 6) is 2.28. The first kappa shape index (κ1) is 15.2. The number of aryl methyl sites for hydroxylation is 2. The average Bonchev–Trinajstić information content (AvgIpc) is 3.19. The van der Waals surface area contributed by atoms with Crippen LogP contribution < -0.4 is 10.5 Å². The number of hydrogen-bond acceptors (Lipinski definition) is 6. The molecule has 126 valence electrons. The first-order valence-corrected chi connectivity index (χ1v) is 7.87. The third kappa shape index (κ3) is 2.69. The van der Waals surface area contributed by atoms with Crippen LogP contribution in [0.3, 0.4) is 0 Å². The van der Waals surface area contributed by atoms with Gasteiger partial charge in [0.2, 0.25) is 0 Å². The number of aromatic nitrogens is 4. The molecule has 0 aliphatic carbocycles. The van der Waals surface area contributed by atoms with E-state index in [2.05, 4.69) is 15.4 Å². The number of rotatable bonds is 4. The molecular formula is C18H17N5O2. The van der Waals surface area contributed by atoms with Crippen molar-refractivity contribution in [2.75, 3.05) is 5.73 Å². The van der Waals surface area contributed by atoms with Gasteiger partial charge in [0, 0.05) is 11.8 Å². The van der Waals surface area contributed by atoms with Crippen LogP contribution in [-0.2, 0) is 6.61 Å². The van der Waals surface area contributed by atoms with Crippen LogP contribution in [0.15, 0.2) is 47.1 Å². The second-order valence-electron chi connectivity index (χ2n) is 5.80. The molecule has 0 spiro atoms. The quantitative estimate of drug-likeness (QED) is 0.616. The molecule has 0 bridgehead atoms. The summed E-state index contributed by atoms with van der Waals surface area (Å²) in [6, 6.07) is 11.4. The van der Waals surface area contributed by atoms with E-state index < -0.39 is 0 Å². The first-order chi connectivity index (χ1) is 12.1. The molecular weight excluding hydrogens is 318 g/mol. The molecule has 0 aliphatic heterocycles. The topological polar surface area (TPSA) is 91.5 Å². The molecule has 0 saturated carbocycles. The number of nitrogen functional groups attached to an aromatic ring is 1. The lowest BCUT2D eigenvalue weighted by Gasteiger charge is -2.07. The molecule has 0 saturated heterocycles. The van der Waals surface area contributed by atoms with Crippen molar-refractivity contribution in [3.05, 3.63) is 59.6 Å². The molecule has 3 aromatic heterocycles. The Labute approximate surface area is 144 Å². The van der Waals surface area contributed by atoms with Crippen LogP contribution in [0, 0.1) is 13.8 Å². The van der Waals surface area contributed by atoms with Crippen molar-refractivity contribution >= 4 is 11.3 Å². The highest BCUT2D eigenvalue weighted by atomic mass is 16.5. The Bertz CT molecular complexity index is 1010. The van der Waals surface area contributed by atoms with Crippen LogP contribution in [0.25, 0.3) is 17.0 Å². The Morgan fingerprint density at radius 1 is 1.12 bits per heavy atom. The van der Waals surface area contributed by atoms with E-state index >= 15 is 0 Å². The van der Waals surface area contributed by atoms with E-state index in [9.17, 15) is 0 Å². The maximum Gasteiger partial charge on any atom is 0.184 e. The van der Waals surface area contributed by atoms with Crippen molar-refractivity contribution in [3.63, 3.8) is 0 Å². The third-order valence-corrected chi connectivity index (χ3v) is 4.14. The summed E-state index contributed by atoms with van der Waals surface area (Å²) >= 11 is 0. The minimum atomic E-state index is 0.422. The molecule has 0 radical (unpaired) electrons. The Morgan fingerprint density at radius 3 is 2.64 bits per heavy atom. The highest BCUT2D eigenvalue weighted by Gasteiger charge is 2.11. The highest BCUT2D eigenvalue weighted by Crippen LogP contribution is 2.24. The van der Waals surface area contributed by atoms with Crippen LogP contribution in [0.5, 0.6) is 5.75 Å². The summed E-state index contributed by atoms with van der Waals surface area (Å²) in [6.45, 7) is 4.20. The lowest BCUT2D eigenvalue weighted by molar-refractivity contribution is 0.302. The van der Waals surface area contributed by atoms with Gasteiger partial charge < -0.3 is 15.0 Å². The van der Waals surface area contributed by atoms with E-state index in [1.807, 2.05) is 54.8 Å². The van der Waals surface area contributed by atoms with E-state index in [1.54, 1.807) is 6.07 Å². The van der Waals surface area contributed by atoms with Crippen LogP contribution in [0.4, 0.5) is 5.69 Å². The van der Waals surface area contributed by atoms with Crippen molar-refractivity contribution in [2.45, 2.75) is 20.5 Å². The van der Waals surface area contributed by atoms with Gasteiger partial charge in [-0.1, -0.05) is 5.16 Å². The van der Waals surface area contributed by atoms with Gasteiger partial charge in [-0.25, -0.2) is 0 Å². The fraction of sp³-hybridized carbons (Fsp3) is 0.167. The lowest BCUT2D eigenvalue weighted by Crippen LogP contribution is -1.98. The first-order valence-electron chi connectivity index (χ1n) is 7.87. The smallest absolute Gasteiger partial charge is 0.184 e. The van der Waals surface area contributed by atoms with Gasteiger partial charge in [-0.15, -0.1) is 10.2 Å². The Balaban J connectivity index is 1.56. The number of hydrogen-bond donors (Lipinski definition) is 1. The molecule has 25 heavy (non-hydrogen) atoms. The number of anilines is 1. The number of benzene rings is 1. The monoisotopic (exact) mass is 335 g/mol. The van der Waals surface area contributed by atoms with Crippen molar-refractivity contribution in [3.8, 4) is 17.1 Å². The summed E-state index contributed by atoms with van der Waals surface area (Å²) < 4.78 is 12.8. The van der Waals surface area contributed by atoms with E-state index in [0.29, 0.717) is 17.9 Å². The molecule has 7 heteroatoms. The third-order valence-electron chi connectivity index (χ3n) is 4.14. The van der Waals surface area contributed by atoms with Crippen molar-refractivity contribution in [1.82, 2.24) is 19.8 Å². The lowest BCUT2D eigenvalue weighted by atomic mass is 10.2. The van der Waals surface area contributed by atoms with Crippen molar-refractivity contribution in [1.29, 1.82) is 0 Å². The molecule has 0 atom stereocenters. The SMILES string of the molecule is Cc1noc(C)c1COc1ccc(-c2nnc3c(N)cccn23)cc1. The molecule has 4 rings (SSSR count). The fourth-order valence-corrected chi connectivity index (χ4v) is 2.70. The molecule has 2 N–H and O–H groups in total. The van der Waals surface area contributed by atoms with Gasteiger partial charge in [0.25, 0.3) is 0 Å². The maximum atomic E-state index is 5.93. The Hall–Kier alpha value is -3.35. The highest BCUT2D eigenvalue weighted by molar-refractivity contribution is 5.69. The normalized spacial score (nSPS) is 11.1. The van der Waals surface area contributed by atoms with Gasteiger partial charge in [0.1, 0.15) is 18.1 Å². The molecule has 3 heterocycles. The molecule has 0 amide bonds. The minimum absolute atomic E-state index is 0.422. The maximum absolute atomic E-state index is 5.93. The summed E-state index contributed by atoms with van der Waals surface area (Å²) in [4.78, 5) is 0. The minimum Gasteiger partial charge on any atom is -0.489 e. The largest absolute Gasteiger partial charge is 0.489 e. The molecule has 0 fully saturated rings. The van der Waals surface area contributed by atoms with E-state index in [1.165, 1.54) is 0 Å². The van der Waals surface area contributed by atoms with Crippen molar-refractivity contribution < 1.29 is 9.26 Å². The number of nitrogens with two attached hydrogens (primary N) is 1. The zero-order valence-corrected chi connectivity index (χ0v) is 13.9. The molecule has 1 aromatic carbocycles. The number of ether oxygens (including phenoxy) is 1. The van der Waals surface area contributed by atoms with Gasteiger partial charge >= 0.3 is 0 Å². The second kappa shape index (κ2) is 5.94. The molecule has 7 nitrogen and oxygen atoms in total. The average molecular weight is 335 g/mol. The van der Waals surface area contributed by atoms with Gasteiger partial charge in [-0.2, -0.15) is 0 Å². The van der Waals surface area contributed by atoms with Gasteiger partial charge in [-0.3, -0.25) is 4.40 Å². The molecule has 0 aliphatic rings. The van der Waals surface area contributed by atoms with Gasteiger partial charge in [0.15, 0.2) is 11.5 Å².